The molecule has 9 atom stereocenters. The number of ether oxygens (including phenoxy) is 1. The highest BCUT2D eigenvalue weighted by Crippen LogP contribution is 2.68. The van der Waals surface area contributed by atoms with Crippen LogP contribution < -0.4 is 0 Å². The number of cyclic esters (lactones) is 1. The molecule has 0 amide bonds. The predicted molar refractivity (Wildman–Crippen MR) is 166 cm³/mol. The smallest absolute Gasteiger partial charge is 0.324 e. The van der Waals surface area contributed by atoms with Gasteiger partial charge in [-0.1, -0.05) is 86.2 Å². The zero-order valence-corrected chi connectivity index (χ0v) is 25.8. The summed E-state index contributed by atoms with van der Waals surface area (Å²) in [5.41, 5.74) is 3.90. The maximum Gasteiger partial charge on any atom is 0.324 e. The molecule has 7 rings (SSSR count). The molecule has 4 heteroatoms. The molecule has 1 aliphatic heterocycles. The molecule has 2 aromatic carbocycles. The van der Waals surface area contributed by atoms with Crippen molar-refractivity contribution in [2.24, 2.45) is 34.5 Å². The molecule has 2 aromatic rings. The van der Waals surface area contributed by atoms with Gasteiger partial charge >= 0.3 is 5.97 Å². The second-order valence-corrected chi connectivity index (χ2v) is 15.2. The summed E-state index contributed by atoms with van der Waals surface area (Å²) in [4.78, 5) is 16.4. The summed E-state index contributed by atoms with van der Waals surface area (Å²) in [5, 5.41) is 10.4. The van der Waals surface area contributed by atoms with Crippen molar-refractivity contribution in [2.75, 3.05) is 6.54 Å². The topological polar surface area (TPSA) is 49.8 Å². The van der Waals surface area contributed by atoms with E-state index in [4.69, 9.17) is 4.74 Å². The van der Waals surface area contributed by atoms with Crippen LogP contribution in [-0.2, 0) is 22.5 Å². The lowest BCUT2D eigenvalue weighted by Gasteiger charge is -2.59. The number of nitrogens with zero attached hydrogens (tertiary/aromatic N) is 1. The van der Waals surface area contributed by atoms with Crippen molar-refractivity contribution < 1.29 is 14.6 Å². The Kier molecular flexibility index (Phi) is 7.17. The number of esters is 1. The fourth-order valence-corrected chi connectivity index (χ4v) is 10.9. The first-order valence-electron chi connectivity index (χ1n) is 16.6. The van der Waals surface area contributed by atoms with Gasteiger partial charge < -0.3 is 9.84 Å². The Morgan fingerprint density at radius 2 is 1.60 bits per heavy atom. The number of carbonyl (C=O) groups is 1. The van der Waals surface area contributed by atoms with E-state index in [9.17, 15) is 9.90 Å². The maximum atomic E-state index is 14.0. The van der Waals surface area contributed by atoms with E-state index in [1.807, 2.05) is 6.07 Å². The number of allylic oxidation sites excluding steroid dienone is 1. The summed E-state index contributed by atoms with van der Waals surface area (Å²) in [6.07, 6.45) is 12.0. The molecule has 1 N–H and O–H groups in total. The molecule has 0 spiro atoms. The van der Waals surface area contributed by atoms with E-state index in [1.165, 1.54) is 36.0 Å². The molecule has 224 valence electrons. The maximum absolute atomic E-state index is 14.0. The van der Waals surface area contributed by atoms with Gasteiger partial charge in [0.15, 0.2) is 0 Å². The standard InChI is InChI=1S/C38H49NO3/c1-36-20-18-29(40)23-28(36)14-15-30-31-16-17-34(37(31,2)21-19-32(30)36)38(3)25-39(24-27-12-8-5-9-13-27)33(35(41)42-38)22-26-10-6-4-7-11-26/h4-14,29-34,40H,15-25H2,1-3H3/t29?,30-,31-,32+,33-,34?,36-,37-,38-/m0/s1. The van der Waals surface area contributed by atoms with Gasteiger partial charge in [-0.15, -0.1) is 0 Å². The minimum Gasteiger partial charge on any atom is -0.457 e. The number of aliphatic hydroxyl groups excluding tert-OH is 1. The van der Waals surface area contributed by atoms with Crippen LogP contribution >= 0.6 is 0 Å². The van der Waals surface area contributed by atoms with Gasteiger partial charge in [0.05, 0.1) is 6.10 Å². The Morgan fingerprint density at radius 1 is 0.881 bits per heavy atom. The number of fused-ring (bicyclic) bond motifs is 5. The van der Waals surface area contributed by atoms with Crippen molar-refractivity contribution in [3.63, 3.8) is 0 Å². The normalized spacial score (nSPS) is 41.7. The molecule has 42 heavy (non-hydrogen) atoms. The van der Waals surface area contributed by atoms with Crippen molar-refractivity contribution in [3.05, 3.63) is 83.4 Å². The fourth-order valence-electron chi connectivity index (χ4n) is 10.9. The Bertz CT molecular complexity index is 1320. The van der Waals surface area contributed by atoms with Gasteiger partial charge in [0.1, 0.15) is 11.6 Å². The number of morpholine rings is 1. The third kappa shape index (κ3) is 4.68. The first kappa shape index (κ1) is 28.3. The van der Waals surface area contributed by atoms with E-state index < -0.39 is 5.60 Å². The quantitative estimate of drug-likeness (QED) is 0.303. The molecule has 4 fully saturated rings. The summed E-state index contributed by atoms with van der Waals surface area (Å²) >= 11 is 0. The van der Waals surface area contributed by atoms with Gasteiger partial charge in [-0.3, -0.25) is 9.69 Å². The third-order valence-corrected chi connectivity index (χ3v) is 12.9. The molecule has 0 aromatic heterocycles. The summed E-state index contributed by atoms with van der Waals surface area (Å²) in [6, 6.07) is 20.8. The largest absolute Gasteiger partial charge is 0.457 e. The number of rotatable bonds is 5. The fraction of sp³-hybridized carbons (Fsp3) is 0.605. The van der Waals surface area contributed by atoms with Crippen LogP contribution in [0.25, 0.3) is 0 Å². The second kappa shape index (κ2) is 10.6. The van der Waals surface area contributed by atoms with Crippen LogP contribution in [0, 0.1) is 34.5 Å². The number of hydrogen-bond acceptors (Lipinski definition) is 4. The molecular weight excluding hydrogens is 518 g/mol. The van der Waals surface area contributed by atoms with Crippen molar-refractivity contribution in [1.29, 1.82) is 0 Å². The zero-order valence-electron chi connectivity index (χ0n) is 25.8. The molecule has 1 heterocycles. The lowest BCUT2D eigenvalue weighted by molar-refractivity contribution is -0.200. The van der Waals surface area contributed by atoms with Crippen LogP contribution in [-0.4, -0.2) is 40.3 Å². The lowest BCUT2D eigenvalue weighted by Crippen LogP contribution is -2.63. The van der Waals surface area contributed by atoms with Gasteiger partial charge in [0.25, 0.3) is 0 Å². The average Bonchev–Trinajstić information content (AvgIpc) is 3.35. The van der Waals surface area contributed by atoms with E-state index in [-0.39, 0.29) is 28.9 Å². The Balaban J connectivity index is 1.16. The summed E-state index contributed by atoms with van der Waals surface area (Å²) < 4.78 is 6.66. The van der Waals surface area contributed by atoms with E-state index in [0.29, 0.717) is 30.1 Å². The monoisotopic (exact) mass is 567 g/mol. The van der Waals surface area contributed by atoms with E-state index in [0.717, 1.165) is 45.2 Å². The molecule has 5 aliphatic rings. The highest BCUT2D eigenvalue weighted by Gasteiger charge is 2.63. The van der Waals surface area contributed by atoms with Crippen LogP contribution in [0.3, 0.4) is 0 Å². The third-order valence-electron chi connectivity index (χ3n) is 12.9. The number of hydrogen-bond donors (Lipinski definition) is 1. The van der Waals surface area contributed by atoms with Crippen LogP contribution in [0.15, 0.2) is 72.3 Å². The highest BCUT2D eigenvalue weighted by atomic mass is 16.6. The van der Waals surface area contributed by atoms with Crippen LogP contribution in [0.2, 0.25) is 0 Å². The average molecular weight is 568 g/mol. The lowest BCUT2D eigenvalue weighted by atomic mass is 9.46. The molecular formula is C38H49NO3. The first-order valence-corrected chi connectivity index (χ1v) is 16.6. The Labute approximate surface area is 252 Å². The predicted octanol–water partition coefficient (Wildman–Crippen LogP) is 7.36. The molecule has 2 unspecified atom stereocenters. The van der Waals surface area contributed by atoms with Crippen molar-refractivity contribution in [2.45, 2.75) is 103 Å². The Morgan fingerprint density at radius 3 is 2.33 bits per heavy atom. The van der Waals surface area contributed by atoms with Crippen LogP contribution in [0.4, 0.5) is 0 Å². The summed E-state index contributed by atoms with van der Waals surface area (Å²) in [6.45, 7) is 8.86. The van der Waals surface area contributed by atoms with Gasteiger partial charge in [0, 0.05) is 19.0 Å². The highest BCUT2D eigenvalue weighted by molar-refractivity contribution is 5.77. The van der Waals surface area contributed by atoms with Crippen LogP contribution in [0.1, 0.15) is 83.3 Å². The van der Waals surface area contributed by atoms with Crippen molar-refractivity contribution in [1.82, 2.24) is 4.90 Å². The zero-order chi connectivity index (χ0) is 29.1. The molecule has 0 bridgehead atoms. The molecule has 4 nitrogen and oxygen atoms in total. The molecule has 1 saturated heterocycles. The second-order valence-electron chi connectivity index (χ2n) is 15.2. The number of carbonyl (C=O) groups excluding carboxylic acids is 1. The minimum atomic E-state index is -0.496. The Hall–Kier alpha value is -2.43. The van der Waals surface area contributed by atoms with Crippen molar-refractivity contribution in [3.8, 4) is 0 Å². The van der Waals surface area contributed by atoms with Gasteiger partial charge in [0.2, 0.25) is 0 Å². The van der Waals surface area contributed by atoms with Gasteiger partial charge in [-0.25, -0.2) is 0 Å². The number of aliphatic hydroxyl groups is 1. The van der Waals surface area contributed by atoms with Crippen LogP contribution in [0.5, 0.6) is 0 Å². The minimum absolute atomic E-state index is 0.0530. The van der Waals surface area contributed by atoms with Crippen molar-refractivity contribution >= 4 is 5.97 Å². The van der Waals surface area contributed by atoms with E-state index in [2.05, 4.69) is 86.3 Å². The SMILES string of the molecule is C[C@]12CCC(O)CC1=CC[C@@H]1[C@H]2CC[C@]2(C)C([C@]3(C)CN(Cc4ccccc4)[C@@H](Cc4ccccc4)C(=O)O3)CC[C@@H]12. The van der Waals surface area contributed by atoms with E-state index in [1.54, 1.807) is 0 Å². The summed E-state index contributed by atoms with van der Waals surface area (Å²) in [7, 11) is 0. The molecule has 3 saturated carbocycles. The van der Waals surface area contributed by atoms with Gasteiger partial charge in [-0.2, -0.15) is 0 Å². The molecule has 4 aliphatic carbocycles. The van der Waals surface area contributed by atoms with E-state index >= 15 is 0 Å². The number of benzene rings is 2. The first-order chi connectivity index (χ1) is 20.2. The van der Waals surface area contributed by atoms with Gasteiger partial charge in [-0.05, 0) is 104 Å². The summed E-state index contributed by atoms with van der Waals surface area (Å²) in [5.74, 6) is 2.40. The molecule has 0 radical (unpaired) electrons.